The Morgan fingerprint density at radius 1 is 1.20 bits per heavy atom. The lowest BCUT2D eigenvalue weighted by Gasteiger charge is -2.40. The molecule has 9 nitrogen and oxygen atoms in total. The molecule has 0 aromatic rings. The third kappa shape index (κ3) is 4.31. The monoisotopic (exact) mass is 426 g/mol. The van der Waals surface area contributed by atoms with Gasteiger partial charge in [0.15, 0.2) is 0 Å². The maximum absolute atomic E-state index is 13.0. The zero-order chi connectivity index (χ0) is 22.2. The molecule has 0 spiro atoms. The van der Waals surface area contributed by atoms with Crippen molar-refractivity contribution in [1.82, 2.24) is 0 Å². The van der Waals surface area contributed by atoms with E-state index in [1.165, 1.54) is 5.57 Å². The van der Waals surface area contributed by atoms with Crippen LogP contribution in [0.4, 0.5) is 0 Å². The first-order chi connectivity index (χ1) is 14.1. The van der Waals surface area contributed by atoms with Crippen molar-refractivity contribution in [2.75, 3.05) is 6.61 Å². The molecule has 5 N–H and O–H groups in total. The molecule has 1 heterocycles. The molecule has 0 aromatic carbocycles. The number of carbonyl (C=O) groups is 2. The van der Waals surface area contributed by atoms with Gasteiger partial charge in [-0.05, 0) is 49.7 Å². The molecule has 0 aromatic heterocycles. The van der Waals surface area contributed by atoms with Gasteiger partial charge in [0.05, 0.1) is 18.4 Å². The third-order valence-electron chi connectivity index (χ3n) is 6.57. The van der Waals surface area contributed by atoms with E-state index in [0.717, 1.165) is 30.4 Å². The number of aliphatic hydroxyl groups is 4. The lowest BCUT2D eigenvalue weighted by Crippen LogP contribution is -2.59. The third-order valence-corrected chi connectivity index (χ3v) is 6.57. The number of rotatable bonds is 5. The molecule has 30 heavy (non-hydrogen) atoms. The minimum Gasteiger partial charge on any atom is -0.481 e. The second-order valence-electron chi connectivity index (χ2n) is 8.46. The number of hydrogen-bond donors (Lipinski definition) is 5. The van der Waals surface area contributed by atoms with Gasteiger partial charge in [-0.2, -0.15) is 0 Å². The Kier molecular flexibility index (Phi) is 6.98. The number of aliphatic hydroxyl groups excluding tert-OH is 4. The average Bonchev–Trinajstić information content (AvgIpc) is 2.72. The summed E-state index contributed by atoms with van der Waals surface area (Å²) in [5.74, 6) is -3.99. The number of carbonyl (C=O) groups excluding carboxylic acids is 1. The molecule has 1 aliphatic heterocycles. The first kappa shape index (κ1) is 22.9. The van der Waals surface area contributed by atoms with E-state index in [4.69, 9.17) is 9.47 Å². The Labute approximate surface area is 174 Å². The Balaban J connectivity index is 1.85. The summed E-state index contributed by atoms with van der Waals surface area (Å²) in [6.07, 6.45) is -2.81. The summed E-state index contributed by atoms with van der Waals surface area (Å²) >= 11 is 0. The fourth-order valence-corrected chi connectivity index (χ4v) is 4.58. The summed E-state index contributed by atoms with van der Waals surface area (Å²) in [7, 11) is 0. The van der Waals surface area contributed by atoms with Gasteiger partial charge in [0.1, 0.15) is 24.4 Å². The van der Waals surface area contributed by atoms with E-state index >= 15 is 0 Å². The molecule has 0 bridgehead atoms. The minimum absolute atomic E-state index is 0.444. The molecule has 0 unspecified atom stereocenters. The van der Waals surface area contributed by atoms with Crippen LogP contribution in [0.1, 0.15) is 39.5 Å². The van der Waals surface area contributed by atoms with E-state index in [2.05, 4.69) is 0 Å². The molecule has 0 radical (unpaired) electrons. The van der Waals surface area contributed by atoms with E-state index in [0.29, 0.717) is 6.42 Å². The second kappa shape index (κ2) is 9.15. The van der Waals surface area contributed by atoms with E-state index < -0.39 is 67.0 Å². The highest BCUT2D eigenvalue weighted by Crippen LogP contribution is 2.44. The topological polar surface area (TPSA) is 154 Å². The highest BCUT2D eigenvalue weighted by molar-refractivity contribution is 5.78. The average molecular weight is 426 g/mol. The number of hydrogen-bond acceptors (Lipinski definition) is 8. The van der Waals surface area contributed by atoms with Crippen LogP contribution >= 0.6 is 0 Å². The van der Waals surface area contributed by atoms with Gasteiger partial charge < -0.3 is 35.0 Å². The molecule has 2 aliphatic carbocycles. The van der Waals surface area contributed by atoms with Gasteiger partial charge >= 0.3 is 11.9 Å². The van der Waals surface area contributed by atoms with Crippen molar-refractivity contribution in [3.63, 3.8) is 0 Å². The van der Waals surface area contributed by atoms with Crippen LogP contribution in [0.5, 0.6) is 0 Å². The van der Waals surface area contributed by atoms with Crippen LogP contribution in [-0.4, -0.2) is 74.8 Å². The number of carboxylic acid groups (broad SMARTS) is 1. The van der Waals surface area contributed by atoms with Crippen molar-refractivity contribution in [2.45, 2.75) is 70.2 Å². The van der Waals surface area contributed by atoms with Gasteiger partial charge in [-0.25, -0.2) is 0 Å². The molecule has 1 saturated heterocycles. The molecular weight excluding hydrogens is 396 g/mol. The van der Waals surface area contributed by atoms with Crippen molar-refractivity contribution in [2.24, 2.45) is 17.8 Å². The van der Waals surface area contributed by atoms with Crippen LogP contribution < -0.4 is 0 Å². The normalized spacial score (nSPS) is 37.8. The number of esters is 1. The predicted octanol–water partition coefficient (Wildman–Crippen LogP) is 0.113. The summed E-state index contributed by atoms with van der Waals surface area (Å²) in [6, 6.07) is 0. The van der Waals surface area contributed by atoms with Crippen molar-refractivity contribution < 1.29 is 44.6 Å². The summed E-state index contributed by atoms with van der Waals surface area (Å²) in [4.78, 5) is 24.7. The first-order valence-corrected chi connectivity index (χ1v) is 10.3. The molecule has 3 aliphatic rings. The fourth-order valence-electron chi connectivity index (χ4n) is 4.58. The van der Waals surface area contributed by atoms with Crippen molar-refractivity contribution >= 4 is 11.9 Å². The Hall–Kier alpha value is -1.78. The van der Waals surface area contributed by atoms with Gasteiger partial charge in [-0.15, -0.1) is 0 Å². The minimum atomic E-state index is -1.70. The number of aliphatic carboxylic acids is 1. The quantitative estimate of drug-likeness (QED) is 0.385. The Morgan fingerprint density at radius 2 is 1.90 bits per heavy atom. The number of allylic oxidation sites excluding steroid dienone is 3. The largest absolute Gasteiger partial charge is 0.481 e. The second-order valence-corrected chi connectivity index (χ2v) is 8.46. The summed E-state index contributed by atoms with van der Waals surface area (Å²) in [5.41, 5.74) is 3.33. The molecule has 168 valence electrons. The first-order valence-electron chi connectivity index (χ1n) is 10.3. The van der Waals surface area contributed by atoms with E-state index in [1.807, 2.05) is 6.92 Å². The zero-order valence-corrected chi connectivity index (χ0v) is 17.1. The van der Waals surface area contributed by atoms with Crippen LogP contribution in [0.3, 0.4) is 0 Å². The fraction of sp³-hybridized carbons (Fsp3) is 0.714. The smallest absolute Gasteiger partial charge is 0.315 e. The van der Waals surface area contributed by atoms with Crippen LogP contribution in [0.2, 0.25) is 0 Å². The SMILES string of the molecule is CC1=C2C[C@@H]([C@@H](C)C(=O)O)[C@H](C(=O)O[C@@H]3O[C@H](CO)[C@@H](O)[C@H](O)[C@H]3O)C=C2CCC1. The van der Waals surface area contributed by atoms with Crippen LogP contribution in [0.25, 0.3) is 0 Å². The Bertz CT molecular complexity index is 741. The molecular formula is C21H30O9. The van der Waals surface area contributed by atoms with Gasteiger partial charge in [0, 0.05) is 0 Å². The highest BCUT2D eigenvalue weighted by Gasteiger charge is 2.47. The van der Waals surface area contributed by atoms with Crippen LogP contribution in [0, 0.1) is 17.8 Å². The van der Waals surface area contributed by atoms with Crippen molar-refractivity contribution in [3.8, 4) is 0 Å². The Morgan fingerprint density at radius 3 is 2.53 bits per heavy atom. The number of carboxylic acids is 1. The predicted molar refractivity (Wildman–Crippen MR) is 103 cm³/mol. The van der Waals surface area contributed by atoms with Gasteiger partial charge in [-0.1, -0.05) is 18.6 Å². The summed E-state index contributed by atoms with van der Waals surface area (Å²) in [6.45, 7) is 2.94. The molecule has 0 saturated carbocycles. The molecule has 0 amide bonds. The van der Waals surface area contributed by atoms with Gasteiger partial charge in [0.2, 0.25) is 6.29 Å². The number of fused-ring (bicyclic) bond motifs is 1. The van der Waals surface area contributed by atoms with Crippen LogP contribution in [0.15, 0.2) is 22.8 Å². The lowest BCUT2D eigenvalue weighted by atomic mass is 9.69. The van der Waals surface area contributed by atoms with Crippen LogP contribution in [-0.2, 0) is 19.1 Å². The van der Waals surface area contributed by atoms with Crippen molar-refractivity contribution in [1.29, 1.82) is 0 Å². The molecule has 3 rings (SSSR count). The van der Waals surface area contributed by atoms with Gasteiger partial charge in [-0.3, -0.25) is 9.59 Å². The molecule has 8 atom stereocenters. The maximum Gasteiger partial charge on any atom is 0.315 e. The van der Waals surface area contributed by atoms with E-state index in [-0.39, 0.29) is 0 Å². The summed E-state index contributed by atoms with van der Waals surface area (Å²) < 4.78 is 10.6. The number of ether oxygens (including phenoxy) is 2. The maximum atomic E-state index is 13.0. The zero-order valence-electron chi connectivity index (χ0n) is 17.1. The lowest BCUT2D eigenvalue weighted by molar-refractivity contribution is -0.293. The molecule has 9 heteroatoms. The van der Waals surface area contributed by atoms with Crippen molar-refractivity contribution in [3.05, 3.63) is 22.8 Å². The standard InChI is InChI=1S/C21H30O9/c1-9-4-3-5-11-6-14(13(7-12(9)11)10(2)19(26)27)20(28)30-21-18(25)17(24)16(23)15(8-22)29-21/h6,10,13-18,21-25H,3-5,7-8H2,1-2H3,(H,26,27)/t10-,13+,14-,15-,16-,17+,18-,21+/m1/s1. The van der Waals surface area contributed by atoms with E-state index in [1.54, 1.807) is 13.0 Å². The van der Waals surface area contributed by atoms with E-state index in [9.17, 15) is 35.1 Å². The highest BCUT2D eigenvalue weighted by atomic mass is 16.7. The molecule has 1 fully saturated rings. The summed E-state index contributed by atoms with van der Waals surface area (Å²) in [5, 5.41) is 48.8. The van der Waals surface area contributed by atoms with Gasteiger partial charge in [0.25, 0.3) is 0 Å².